The average molecular weight is 456 g/mol. The van der Waals surface area contributed by atoms with E-state index < -0.39 is 0 Å². The average Bonchev–Trinajstić information content (AvgIpc) is 2.79. The lowest BCUT2D eigenvalue weighted by atomic mass is 10.1. The number of hydrogen-bond donors (Lipinski definition) is 1. The van der Waals surface area contributed by atoms with E-state index in [-0.39, 0.29) is 12.6 Å². The number of aliphatic hydroxyl groups is 1. The van der Waals surface area contributed by atoms with Crippen molar-refractivity contribution in [3.63, 3.8) is 0 Å². The molecule has 0 aliphatic carbocycles. The summed E-state index contributed by atoms with van der Waals surface area (Å²) in [7, 11) is 0. The number of unbranched alkanes of at least 4 members (excludes halogenated alkanes) is 16. The third-order valence-electron chi connectivity index (χ3n) is 6.36. The first-order valence-electron chi connectivity index (χ1n) is 14.2. The first kappa shape index (κ1) is 31.4. The van der Waals surface area contributed by atoms with E-state index in [1.54, 1.807) is 0 Å². The van der Waals surface area contributed by atoms with Crippen molar-refractivity contribution in [2.75, 3.05) is 32.8 Å². The fraction of sp³-hybridized carbons (Fsp3) is 0.964. The SMILES string of the molecule is CCCCCCCCCCCOC(=O)CCCCCN(CCO)CCCCCCCCC. The van der Waals surface area contributed by atoms with Gasteiger partial charge in [0.15, 0.2) is 0 Å². The molecule has 4 nitrogen and oxygen atoms in total. The normalized spacial score (nSPS) is 11.4. The van der Waals surface area contributed by atoms with Gasteiger partial charge in [0.25, 0.3) is 0 Å². The van der Waals surface area contributed by atoms with Gasteiger partial charge in [-0.25, -0.2) is 0 Å². The van der Waals surface area contributed by atoms with Crippen LogP contribution in [0.3, 0.4) is 0 Å². The number of carbonyl (C=O) groups excluding carboxylic acids is 1. The van der Waals surface area contributed by atoms with E-state index in [0.29, 0.717) is 13.0 Å². The molecule has 1 N–H and O–H groups in total. The monoisotopic (exact) mass is 455 g/mol. The van der Waals surface area contributed by atoms with Crippen LogP contribution in [0.4, 0.5) is 0 Å². The van der Waals surface area contributed by atoms with Gasteiger partial charge in [0, 0.05) is 13.0 Å². The lowest BCUT2D eigenvalue weighted by Crippen LogP contribution is -2.29. The molecule has 0 aliphatic rings. The van der Waals surface area contributed by atoms with E-state index in [1.807, 2.05) is 0 Å². The van der Waals surface area contributed by atoms with Crippen molar-refractivity contribution >= 4 is 5.97 Å². The quantitative estimate of drug-likeness (QED) is 0.107. The molecule has 0 radical (unpaired) electrons. The molecule has 32 heavy (non-hydrogen) atoms. The third kappa shape index (κ3) is 24.0. The molecule has 0 aromatic heterocycles. The zero-order valence-corrected chi connectivity index (χ0v) is 21.9. The maximum Gasteiger partial charge on any atom is 0.305 e. The molecule has 0 atom stereocenters. The van der Waals surface area contributed by atoms with Crippen molar-refractivity contribution in [2.24, 2.45) is 0 Å². The van der Waals surface area contributed by atoms with Gasteiger partial charge < -0.3 is 14.7 Å². The second-order valence-electron chi connectivity index (χ2n) is 9.55. The Labute approximate surface area is 200 Å². The number of aliphatic hydroxyl groups excluding tert-OH is 1. The second-order valence-corrected chi connectivity index (χ2v) is 9.55. The Morgan fingerprint density at radius 2 is 1.03 bits per heavy atom. The fourth-order valence-corrected chi connectivity index (χ4v) is 4.22. The van der Waals surface area contributed by atoms with Gasteiger partial charge in [-0.15, -0.1) is 0 Å². The van der Waals surface area contributed by atoms with Gasteiger partial charge in [0.2, 0.25) is 0 Å². The minimum absolute atomic E-state index is 0.0279. The molecule has 0 saturated carbocycles. The van der Waals surface area contributed by atoms with Gasteiger partial charge in [-0.05, 0) is 38.8 Å². The van der Waals surface area contributed by atoms with Gasteiger partial charge in [0.1, 0.15) is 0 Å². The van der Waals surface area contributed by atoms with Crippen LogP contribution in [0.25, 0.3) is 0 Å². The number of rotatable bonds is 26. The van der Waals surface area contributed by atoms with Gasteiger partial charge in [-0.1, -0.05) is 110 Å². The Kier molecular flexibility index (Phi) is 26.1. The van der Waals surface area contributed by atoms with Gasteiger partial charge in [0.05, 0.1) is 13.2 Å². The van der Waals surface area contributed by atoms with E-state index in [2.05, 4.69) is 18.7 Å². The highest BCUT2D eigenvalue weighted by Crippen LogP contribution is 2.11. The summed E-state index contributed by atoms with van der Waals surface area (Å²) < 4.78 is 5.39. The smallest absolute Gasteiger partial charge is 0.305 e. The number of esters is 1. The zero-order valence-electron chi connectivity index (χ0n) is 21.9. The summed E-state index contributed by atoms with van der Waals surface area (Å²) in [6.45, 7) is 8.25. The number of hydrogen-bond acceptors (Lipinski definition) is 4. The molecule has 0 unspecified atom stereocenters. The van der Waals surface area contributed by atoms with Crippen molar-refractivity contribution in [1.29, 1.82) is 0 Å². The zero-order chi connectivity index (χ0) is 23.5. The topological polar surface area (TPSA) is 49.8 Å². The van der Waals surface area contributed by atoms with Crippen molar-refractivity contribution in [2.45, 2.75) is 142 Å². The van der Waals surface area contributed by atoms with Gasteiger partial charge in [-0.3, -0.25) is 4.79 Å². The Morgan fingerprint density at radius 3 is 1.53 bits per heavy atom. The Hall–Kier alpha value is -0.610. The summed E-state index contributed by atoms with van der Waals surface area (Å²) in [4.78, 5) is 14.3. The predicted molar refractivity (Wildman–Crippen MR) is 138 cm³/mol. The van der Waals surface area contributed by atoms with Crippen molar-refractivity contribution in [3.8, 4) is 0 Å². The molecule has 0 spiro atoms. The van der Waals surface area contributed by atoms with Crippen LogP contribution in [0.5, 0.6) is 0 Å². The molecule has 4 heteroatoms. The number of nitrogens with zero attached hydrogens (tertiary/aromatic N) is 1. The molecule has 0 amide bonds. The Bertz CT molecular complexity index is 376. The van der Waals surface area contributed by atoms with E-state index >= 15 is 0 Å². The molecule has 192 valence electrons. The van der Waals surface area contributed by atoms with Crippen LogP contribution in [-0.2, 0) is 9.53 Å². The largest absolute Gasteiger partial charge is 0.466 e. The van der Waals surface area contributed by atoms with Crippen LogP contribution in [0, 0.1) is 0 Å². The summed E-state index contributed by atoms with van der Waals surface area (Å²) in [5.74, 6) is -0.0279. The van der Waals surface area contributed by atoms with Crippen molar-refractivity contribution in [1.82, 2.24) is 4.90 Å². The standard InChI is InChI=1S/C28H57NO3/c1-3-5-7-9-11-12-14-16-21-27-32-28(31)22-18-17-20-24-29(25-26-30)23-19-15-13-10-8-6-4-2/h30H,3-27H2,1-2H3. The molecule has 0 bridgehead atoms. The predicted octanol–water partition coefficient (Wildman–Crippen LogP) is 7.67. The van der Waals surface area contributed by atoms with E-state index in [4.69, 9.17) is 4.74 Å². The molecule has 0 aromatic rings. The highest BCUT2D eigenvalue weighted by molar-refractivity contribution is 5.69. The van der Waals surface area contributed by atoms with Crippen molar-refractivity contribution in [3.05, 3.63) is 0 Å². The van der Waals surface area contributed by atoms with Gasteiger partial charge in [-0.2, -0.15) is 0 Å². The lowest BCUT2D eigenvalue weighted by molar-refractivity contribution is -0.143. The molecule has 0 aromatic carbocycles. The van der Waals surface area contributed by atoms with Crippen LogP contribution >= 0.6 is 0 Å². The van der Waals surface area contributed by atoms with E-state index in [1.165, 1.54) is 96.3 Å². The van der Waals surface area contributed by atoms with Gasteiger partial charge >= 0.3 is 5.97 Å². The Morgan fingerprint density at radius 1 is 0.594 bits per heavy atom. The Balaban J connectivity index is 3.49. The first-order chi connectivity index (χ1) is 15.7. The summed E-state index contributed by atoms with van der Waals surface area (Å²) >= 11 is 0. The third-order valence-corrected chi connectivity index (χ3v) is 6.36. The van der Waals surface area contributed by atoms with Crippen LogP contribution in [0.15, 0.2) is 0 Å². The second kappa shape index (κ2) is 26.6. The number of carbonyl (C=O) groups is 1. The highest BCUT2D eigenvalue weighted by atomic mass is 16.5. The summed E-state index contributed by atoms with van der Waals surface area (Å²) in [6, 6.07) is 0. The summed E-state index contributed by atoms with van der Waals surface area (Å²) in [5.41, 5.74) is 0. The molecular weight excluding hydrogens is 398 g/mol. The van der Waals surface area contributed by atoms with E-state index in [0.717, 1.165) is 45.3 Å². The summed E-state index contributed by atoms with van der Waals surface area (Å²) in [5, 5.41) is 9.30. The minimum atomic E-state index is -0.0279. The van der Waals surface area contributed by atoms with Crippen LogP contribution in [0.1, 0.15) is 142 Å². The number of ether oxygens (including phenoxy) is 1. The molecule has 0 rings (SSSR count). The molecule has 0 heterocycles. The van der Waals surface area contributed by atoms with Crippen LogP contribution in [0.2, 0.25) is 0 Å². The maximum absolute atomic E-state index is 11.9. The van der Waals surface area contributed by atoms with Crippen LogP contribution in [-0.4, -0.2) is 48.8 Å². The molecule has 0 saturated heterocycles. The van der Waals surface area contributed by atoms with Crippen molar-refractivity contribution < 1.29 is 14.6 Å². The fourth-order valence-electron chi connectivity index (χ4n) is 4.22. The van der Waals surface area contributed by atoms with E-state index in [9.17, 15) is 9.90 Å². The molecule has 0 aliphatic heterocycles. The van der Waals surface area contributed by atoms with Crippen LogP contribution < -0.4 is 0 Å². The maximum atomic E-state index is 11.9. The summed E-state index contributed by atoms with van der Waals surface area (Å²) in [6.07, 6.45) is 24.5. The lowest BCUT2D eigenvalue weighted by Gasteiger charge is -2.21. The minimum Gasteiger partial charge on any atom is -0.466 e. The highest BCUT2D eigenvalue weighted by Gasteiger charge is 2.06. The first-order valence-corrected chi connectivity index (χ1v) is 14.2. The molecule has 0 fully saturated rings. The molecular formula is C28H57NO3.